The Morgan fingerprint density at radius 1 is 1.46 bits per heavy atom. The predicted molar refractivity (Wildman–Crippen MR) is 55.4 cm³/mol. The van der Waals surface area contributed by atoms with Crippen molar-refractivity contribution < 1.29 is 0 Å². The zero-order valence-electron chi connectivity index (χ0n) is 7.31. The summed E-state index contributed by atoms with van der Waals surface area (Å²) in [5.74, 6) is 0. The minimum absolute atomic E-state index is 0.0822. The smallest absolute Gasteiger partial charge is 0.255 e. The average Bonchev–Trinajstić information content (AvgIpc) is 2.15. The number of pyridine rings is 1. The molecule has 1 heterocycles. The standard InChI is InChI=1S/C11H11NO/c1-3-4-7-10(2)12-9-6-5-8-11(12)13/h3-9H,1-2H2/b7-4-. The Balaban J connectivity index is 3.02. The first kappa shape index (κ1) is 9.26. The van der Waals surface area contributed by atoms with E-state index in [2.05, 4.69) is 13.2 Å². The highest BCUT2D eigenvalue weighted by Crippen LogP contribution is 1.98. The summed E-state index contributed by atoms with van der Waals surface area (Å²) in [4.78, 5) is 11.3. The van der Waals surface area contributed by atoms with E-state index in [-0.39, 0.29) is 5.56 Å². The van der Waals surface area contributed by atoms with Crippen molar-refractivity contribution >= 4 is 5.70 Å². The van der Waals surface area contributed by atoms with Crippen LogP contribution in [0.25, 0.3) is 5.70 Å². The Morgan fingerprint density at radius 2 is 2.23 bits per heavy atom. The van der Waals surface area contributed by atoms with Gasteiger partial charge in [-0.05, 0) is 12.1 Å². The Kier molecular flexibility index (Phi) is 3.03. The van der Waals surface area contributed by atoms with Gasteiger partial charge < -0.3 is 0 Å². The monoisotopic (exact) mass is 173 g/mol. The van der Waals surface area contributed by atoms with E-state index in [1.807, 2.05) is 0 Å². The van der Waals surface area contributed by atoms with Crippen molar-refractivity contribution in [3.05, 3.63) is 66.1 Å². The van der Waals surface area contributed by atoms with Crippen molar-refractivity contribution in [3.8, 4) is 0 Å². The lowest BCUT2D eigenvalue weighted by molar-refractivity contribution is 1.03. The molecule has 0 unspecified atom stereocenters. The van der Waals surface area contributed by atoms with E-state index in [4.69, 9.17) is 0 Å². The van der Waals surface area contributed by atoms with E-state index in [0.717, 1.165) is 0 Å². The lowest BCUT2D eigenvalue weighted by Gasteiger charge is -2.02. The highest BCUT2D eigenvalue weighted by Gasteiger charge is 1.93. The van der Waals surface area contributed by atoms with Crippen LogP contribution in [0.4, 0.5) is 0 Å². The molecule has 1 rings (SSSR count). The van der Waals surface area contributed by atoms with E-state index in [1.165, 1.54) is 10.6 Å². The summed E-state index contributed by atoms with van der Waals surface area (Å²) in [7, 11) is 0. The number of hydrogen-bond acceptors (Lipinski definition) is 1. The van der Waals surface area contributed by atoms with E-state index in [9.17, 15) is 4.79 Å². The molecule has 0 N–H and O–H groups in total. The minimum Gasteiger partial charge on any atom is -0.285 e. The Bertz CT molecular complexity index is 399. The van der Waals surface area contributed by atoms with Crippen molar-refractivity contribution in [2.75, 3.05) is 0 Å². The molecule has 66 valence electrons. The van der Waals surface area contributed by atoms with Gasteiger partial charge in [-0.1, -0.05) is 31.4 Å². The van der Waals surface area contributed by atoms with Gasteiger partial charge in [-0.25, -0.2) is 0 Å². The molecule has 0 aliphatic carbocycles. The SMILES string of the molecule is C=C/C=C\C(=C)n1ccccc1=O. The molecule has 0 saturated carbocycles. The molecule has 0 spiro atoms. The molecule has 0 aliphatic heterocycles. The molecule has 0 atom stereocenters. The number of rotatable bonds is 3. The van der Waals surface area contributed by atoms with Crippen LogP contribution in [-0.2, 0) is 0 Å². The summed E-state index contributed by atoms with van der Waals surface area (Å²) in [5, 5.41) is 0. The molecule has 1 aromatic rings. The molecule has 0 radical (unpaired) electrons. The molecular weight excluding hydrogens is 162 g/mol. The number of aromatic nitrogens is 1. The number of nitrogens with zero attached hydrogens (tertiary/aromatic N) is 1. The topological polar surface area (TPSA) is 22.0 Å². The van der Waals surface area contributed by atoms with Crippen molar-refractivity contribution in [3.63, 3.8) is 0 Å². The van der Waals surface area contributed by atoms with Crippen LogP contribution in [-0.4, -0.2) is 4.57 Å². The first-order valence-corrected chi connectivity index (χ1v) is 3.92. The van der Waals surface area contributed by atoms with Crippen molar-refractivity contribution in [2.45, 2.75) is 0 Å². The summed E-state index contributed by atoms with van der Waals surface area (Å²) in [5.41, 5.74) is 0.548. The molecule has 2 heteroatoms. The van der Waals surface area contributed by atoms with Crippen LogP contribution in [0.1, 0.15) is 0 Å². The zero-order valence-corrected chi connectivity index (χ0v) is 7.31. The average molecular weight is 173 g/mol. The first-order valence-electron chi connectivity index (χ1n) is 3.92. The van der Waals surface area contributed by atoms with Crippen molar-refractivity contribution in [1.82, 2.24) is 4.57 Å². The van der Waals surface area contributed by atoms with Crippen LogP contribution in [0.3, 0.4) is 0 Å². The van der Waals surface area contributed by atoms with Gasteiger partial charge in [0.1, 0.15) is 0 Å². The lowest BCUT2D eigenvalue weighted by Crippen LogP contribution is -2.15. The molecule has 0 bridgehead atoms. The third-order valence-corrected chi connectivity index (χ3v) is 1.56. The Labute approximate surface area is 77.1 Å². The highest BCUT2D eigenvalue weighted by atomic mass is 16.1. The van der Waals surface area contributed by atoms with Gasteiger partial charge >= 0.3 is 0 Å². The largest absolute Gasteiger partial charge is 0.285 e. The van der Waals surface area contributed by atoms with Crippen LogP contribution in [0.5, 0.6) is 0 Å². The van der Waals surface area contributed by atoms with Gasteiger partial charge in [0.25, 0.3) is 5.56 Å². The molecular formula is C11H11NO. The van der Waals surface area contributed by atoms with E-state index in [0.29, 0.717) is 5.70 Å². The molecule has 0 fully saturated rings. The molecule has 0 saturated heterocycles. The summed E-state index contributed by atoms with van der Waals surface area (Å²) < 4.78 is 1.47. The molecule has 0 aromatic carbocycles. The molecule has 0 aliphatic rings. The quantitative estimate of drug-likeness (QED) is 0.641. The van der Waals surface area contributed by atoms with Crippen molar-refractivity contribution in [2.24, 2.45) is 0 Å². The second-order valence-corrected chi connectivity index (χ2v) is 2.50. The van der Waals surface area contributed by atoms with E-state index >= 15 is 0 Å². The maximum absolute atomic E-state index is 11.3. The number of hydrogen-bond donors (Lipinski definition) is 0. The van der Waals surface area contributed by atoms with Crippen LogP contribution >= 0.6 is 0 Å². The summed E-state index contributed by atoms with van der Waals surface area (Å²) in [6, 6.07) is 4.98. The van der Waals surface area contributed by atoms with Gasteiger partial charge in [0.05, 0.1) is 0 Å². The van der Waals surface area contributed by atoms with Crippen LogP contribution < -0.4 is 5.56 Å². The van der Waals surface area contributed by atoms with Crippen LogP contribution in [0.15, 0.2) is 60.6 Å². The van der Waals surface area contributed by atoms with E-state index in [1.54, 1.807) is 36.6 Å². The van der Waals surface area contributed by atoms with Gasteiger partial charge in [0, 0.05) is 18.0 Å². The fourth-order valence-corrected chi connectivity index (χ4v) is 0.924. The molecule has 0 amide bonds. The van der Waals surface area contributed by atoms with E-state index < -0.39 is 0 Å². The summed E-state index contributed by atoms with van der Waals surface area (Å²) in [6.45, 7) is 7.29. The van der Waals surface area contributed by atoms with Crippen molar-refractivity contribution in [1.29, 1.82) is 0 Å². The summed E-state index contributed by atoms with van der Waals surface area (Å²) >= 11 is 0. The first-order chi connectivity index (χ1) is 6.25. The van der Waals surface area contributed by atoms with Gasteiger partial charge in [-0.2, -0.15) is 0 Å². The fraction of sp³-hybridized carbons (Fsp3) is 0. The highest BCUT2D eigenvalue weighted by molar-refractivity contribution is 5.54. The molecule has 1 aromatic heterocycles. The second-order valence-electron chi connectivity index (χ2n) is 2.50. The van der Waals surface area contributed by atoms with Gasteiger partial charge in [0.15, 0.2) is 0 Å². The third-order valence-electron chi connectivity index (χ3n) is 1.56. The minimum atomic E-state index is -0.0822. The lowest BCUT2D eigenvalue weighted by atomic mass is 10.3. The maximum Gasteiger partial charge on any atom is 0.255 e. The molecule has 13 heavy (non-hydrogen) atoms. The maximum atomic E-state index is 11.3. The van der Waals surface area contributed by atoms with Gasteiger partial charge in [0.2, 0.25) is 0 Å². The van der Waals surface area contributed by atoms with Crippen LogP contribution in [0.2, 0.25) is 0 Å². The van der Waals surface area contributed by atoms with Gasteiger partial charge in [-0.15, -0.1) is 0 Å². The zero-order chi connectivity index (χ0) is 9.68. The number of allylic oxidation sites excluding steroid dienone is 4. The third kappa shape index (κ3) is 2.30. The van der Waals surface area contributed by atoms with Crippen LogP contribution in [0, 0.1) is 0 Å². The Hall–Kier alpha value is -1.83. The molecule has 2 nitrogen and oxygen atoms in total. The normalized spacial score (nSPS) is 10.2. The second kappa shape index (κ2) is 4.26. The van der Waals surface area contributed by atoms with Gasteiger partial charge in [-0.3, -0.25) is 9.36 Å². The fourth-order valence-electron chi connectivity index (χ4n) is 0.924. The predicted octanol–water partition coefficient (Wildman–Crippen LogP) is 2.06. The summed E-state index contributed by atoms with van der Waals surface area (Å²) in [6.07, 6.45) is 6.79. The Morgan fingerprint density at radius 3 is 2.85 bits per heavy atom.